The van der Waals surface area contributed by atoms with Gasteiger partial charge in [0.05, 0.1) is 23.4 Å². The minimum atomic E-state index is -5.08. The summed E-state index contributed by atoms with van der Waals surface area (Å²) in [5, 5.41) is 17.9. The molecule has 13 nitrogen and oxygen atoms in total. The third-order valence-electron chi connectivity index (χ3n) is 7.40. The summed E-state index contributed by atoms with van der Waals surface area (Å²) in [5.74, 6) is -5.26. The quantitative estimate of drug-likeness (QED) is 0.152. The lowest BCUT2D eigenvalue weighted by Crippen LogP contribution is -2.48. The number of anilines is 1. The summed E-state index contributed by atoms with van der Waals surface area (Å²) in [4.78, 5) is 45.3. The van der Waals surface area contributed by atoms with Gasteiger partial charge < -0.3 is 20.1 Å². The first-order valence-electron chi connectivity index (χ1n) is 15.4. The van der Waals surface area contributed by atoms with Crippen LogP contribution >= 0.6 is 22.7 Å². The minimum absolute atomic E-state index is 0.117. The summed E-state index contributed by atoms with van der Waals surface area (Å²) in [6, 6.07) is 9.49. The Morgan fingerprint density at radius 1 is 0.981 bits per heavy atom. The molecular weight excluding hydrogens is 779 g/mol. The molecule has 0 saturated carbocycles. The van der Waals surface area contributed by atoms with Gasteiger partial charge in [-0.05, 0) is 35.1 Å². The van der Waals surface area contributed by atoms with Crippen LogP contribution in [0.3, 0.4) is 0 Å². The van der Waals surface area contributed by atoms with Crippen LogP contribution in [0.1, 0.15) is 30.2 Å². The molecule has 4 heterocycles. The first-order valence-corrected chi connectivity index (χ1v) is 18.6. The van der Waals surface area contributed by atoms with Crippen molar-refractivity contribution in [2.75, 3.05) is 51.5 Å². The van der Waals surface area contributed by atoms with Crippen LogP contribution in [0.2, 0.25) is 0 Å². The number of para-hydroxylation sites is 1. The fourth-order valence-electron chi connectivity index (χ4n) is 4.66. The Bertz CT molecular complexity index is 1960. The number of hydrogen-bond acceptors (Lipinski definition) is 10. The van der Waals surface area contributed by atoms with Crippen molar-refractivity contribution in [3.05, 3.63) is 52.3 Å². The average Bonchev–Trinajstić information content (AvgIpc) is 3.82. The number of nitrogens with zero attached hydrogens (tertiary/aromatic N) is 4. The molecule has 1 aromatic carbocycles. The van der Waals surface area contributed by atoms with Gasteiger partial charge in [-0.2, -0.15) is 26.3 Å². The number of carboxylic acids is 2. The number of halogens is 6. The number of sulfonamides is 1. The highest BCUT2D eigenvalue weighted by Gasteiger charge is 2.39. The number of benzene rings is 1. The van der Waals surface area contributed by atoms with Gasteiger partial charge in [-0.1, -0.05) is 26.0 Å². The molecule has 0 atom stereocenters. The summed E-state index contributed by atoms with van der Waals surface area (Å²) in [6.45, 7) is 8.84. The minimum Gasteiger partial charge on any atom is -0.475 e. The van der Waals surface area contributed by atoms with Gasteiger partial charge in [-0.3, -0.25) is 19.3 Å². The molecule has 1 saturated heterocycles. The number of fused-ring (bicyclic) bond motifs is 1. The molecule has 53 heavy (non-hydrogen) atoms. The number of carbonyl (C=O) groups is 3. The first kappa shape index (κ1) is 43.2. The number of thiophene rings is 1. The van der Waals surface area contributed by atoms with Gasteiger partial charge in [0.15, 0.2) is 0 Å². The molecule has 0 spiro atoms. The van der Waals surface area contributed by atoms with Crippen molar-refractivity contribution in [2.24, 2.45) is 0 Å². The molecule has 22 heteroatoms. The van der Waals surface area contributed by atoms with E-state index in [0.717, 1.165) is 59.9 Å². The lowest BCUT2D eigenvalue weighted by molar-refractivity contribution is -0.193. The van der Waals surface area contributed by atoms with Crippen molar-refractivity contribution in [1.82, 2.24) is 24.7 Å². The van der Waals surface area contributed by atoms with Gasteiger partial charge in [-0.15, -0.1) is 22.7 Å². The Morgan fingerprint density at radius 2 is 1.55 bits per heavy atom. The Hall–Kier alpha value is -4.25. The summed E-state index contributed by atoms with van der Waals surface area (Å²) in [6.07, 6.45) is -8.25. The normalized spacial score (nSPS) is 14.2. The highest BCUT2D eigenvalue weighted by molar-refractivity contribution is 7.94. The predicted molar refractivity (Wildman–Crippen MR) is 186 cm³/mol. The number of likely N-dealkylation sites (N-methyl/N-ethyl adjacent to an activating group) is 1. The van der Waals surface area contributed by atoms with Gasteiger partial charge in [0, 0.05) is 63.3 Å². The Morgan fingerprint density at radius 3 is 2.08 bits per heavy atom. The van der Waals surface area contributed by atoms with Crippen LogP contribution in [-0.2, 0) is 31.0 Å². The summed E-state index contributed by atoms with van der Waals surface area (Å²) >= 11 is 2.88. The summed E-state index contributed by atoms with van der Waals surface area (Å²) < 4.78 is 93.1. The second-order valence-corrected chi connectivity index (χ2v) is 15.9. The van der Waals surface area contributed by atoms with Crippen LogP contribution in [0.15, 0.2) is 46.1 Å². The van der Waals surface area contributed by atoms with Crippen molar-refractivity contribution in [3.8, 4) is 10.7 Å². The molecule has 5 rings (SSSR count). The topological polar surface area (TPSA) is 176 Å². The predicted octanol–water partition coefficient (Wildman–Crippen LogP) is 5.75. The molecule has 4 aromatic rings. The van der Waals surface area contributed by atoms with Crippen LogP contribution in [0.4, 0.5) is 32.0 Å². The molecule has 4 N–H and O–H groups in total. The number of piperazine rings is 1. The number of aromatic nitrogens is 2. The first-order chi connectivity index (χ1) is 24.5. The molecule has 1 fully saturated rings. The number of thiazole rings is 1. The summed E-state index contributed by atoms with van der Waals surface area (Å²) in [7, 11) is -0.131. The molecule has 1 aliphatic rings. The van der Waals surface area contributed by atoms with E-state index in [0.29, 0.717) is 16.4 Å². The zero-order chi connectivity index (χ0) is 39.9. The molecule has 292 valence electrons. The number of carboxylic acid groups (broad SMARTS) is 2. The van der Waals surface area contributed by atoms with E-state index in [2.05, 4.69) is 24.5 Å². The SMILES string of the molecule is CC(C)c1ccsc1S(=O)(=O)Nc1cccc2cc(-c3ncc(CN4CCN(CC(=O)N(C)C)CC4)s3)[nH]c12.O=C(O)C(F)(F)F.O=C(O)C(F)(F)F. The monoisotopic (exact) mass is 814 g/mol. The lowest BCUT2D eigenvalue weighted by atomic mass is 10.1. The van der Waals surface area contributed by atoms with E-state index in [9.17, 15) is 39.6 Å². The van der Waals surface area contributed by atoms with Crippen LogP contribution in [0.25, 0.3) is 21.6 Å². The largest absolute Gasteiger partial charge is 0.490 e. The van der Waals surface area contributed by atoms with Gasteiger partial charge in [-0.25, -0.2) is 23.0 Å². The second-order valence-electron chi connectivity index (χ2n) is 12.0. The molecule has 1 aliphatic heterocycles. The molecular formula is C31H36F6N6O7S3. The van der Waals surface area contributed by atoms with Gasteiger partial charge in [0.2, 0.25) is 5.91 Å². The van der Waals surface area contributed by atoms with E-state index in [1.807, 2.05) is 49.7 Å². The fourth-order valence-corrected chi connectivity index (χ4v) is 8.33. The van der Waals surface area contributed by atoms with E-state index in [1.54, 1.807) is 36.4 Å². The molecule has 0 unspecified atom stereocenters. The van der Waals surface area contributed by atoms with Crippen LogP contribution in [0.5, 0.6) is 0 Å². The number of nitrogens with one attached hydrogen (secondary N) is 2. The zero-order valence-electron chi connectivity index (χ0n) is 28.6. The number of alkyl halides is 6. The van der Waals surface area contributed by atoms with Gasteiger partial charge >= 0.3 is 24.3 Å². The van der Waals surface area contributed by atoms with Gasteiger partial charge in [0.1, 0.15) is 9.22 Å². The number of hydrogen-bond donors (Lipinski definition) is 4. The maximum absolute atomic E-state index is 13.3. The van der Waals surface area contributed by atoms with E-state index in [4.69, 9.17) is 19.8 Å². The second kappa shape index (κ2) is 17.7. The van der Waals surface area contributed by atoms with Crippen LogP contribution in [-0.4, -0.2) is 120 Å². The van der Waals surface area contributed by atoms with E-state index >= 15 is 0 Å². The average molecular weight is 815 g/mol. The third kappa shape index (κ3) is 12.4. The number of aliphatic carboxylic acids is 2. The molecule has 1 amide bonds. The Kier molecular flexibility index (Phi) is 14.4. The maximum Gasteiger partial charge on any atom is 0.490 e. The standard InChI is InChI=1S/C27H34N6O3S3.2C2HF3O2/c1-18(2)21-8-13-37-27(21)39(35,36)30-22-7-5-6-19-14-23(29-25(19)22)26-28-15-20(38-26)16-32-9-11-33(12-10-32)17-24(34)31(3)4;2*3-2(4,5)1(6)7/h5-8,13-15,18,29-30H,9-12,16-17H2,1-4H3;2*(H,6,7). The van der Waals surface area contributed by atoms with Crippen molar-refractivity contribution in [2.45, 2.75) is 42.9 Å². The van der Waals surface area contributed by atoms with Gasteiger partial charge in [0.25, 0.3) is 10.0 Å². The smallest absolute Gasteiger partial charge is 0.475 e. The lowest BCUT2D eigenvalue weighted by Gasteiger charge is -2.34. The van der Waals surface area contributed by atoms with Crippen LogP contribution in [0, 0.1) is 0 Å². The fraction of sp³-hybridized carbons (Fsp3) is 0.419. The highest BCUT2D eigenvalue weighted by atomic mass is 32.2. The number of aromatic amines is 1. The molecule has 0 aliphatic carbocycles. The maximum atomic E-state index is 13.3. The van der Waals surface area contributed by atoms with Crippen LogP contribution < -0.4 is 4.72 Å². The van der Waals surface area contributed by atoms with E-state index < -0.39 is 34.3 Å². The molecule has 3 aromatic heterocycles. The number of amides is 1. The van der Waals surface area contributed by atoms with E-state index in [-0.39, 0.29) is 11.8 Å². The van der Waals surface area contributed by atoms with Crippen molar-refractivity contribution in [3.63, 3.8) is 0 Å². The number of H-pyrrole nitrogens is 1. The van der Waals surface area contributed by atoms with Crippen molar-refractivity contribution in [1.29, 1.82) is 0 Å². The third-order valence-corrected chi connectivity index (χ3v) is 11.3. The van der Waals surface area contributed by atoms with Crippen molar-refractivity contribution >= 4 is 67.1 Å². The molecule has 0 bridgehead atoms. The molecule has 0 radical (unpaired) electrons. The Balaban J connectivity index is 0.000000458. The van der Waals surface area contributed by atoms with Crippen molar-refractivity contribution < 1.29 is 59.4 Å². The zero-order valence-corrected chi connectivity index (χ0v) is 31.0. The summed E-state index contributed by atoms with van der Waals surface area (Å²) in [5.41, 5.74) is 2.94. The number of carbonyl (C=O) groups excluding carboxylic acids is 1. The highest BCUT2D eigenvalue weighted by Crippen LogP contribution is 2.34. The number of rotatable bonds is 9. The van der Waals surface area contributed by atoms with E-state index in [1.165, 1.54) is 16.2 Å². The Labute approximate surface area is 307 Å².